The van der Waals surface area contributed by atoms with E-state index in [4.69, 9.17) is 4.42 Å². The first-order valence-corrected chi connectivity index (χ1v) is 8.71. The SMILES string of the molecule is c1ccc(-c2cncc(-c3nnc(-c4cccc5ccccc45)o3)c2)cc1. The van der Waals surface area contributed by atoms with Crippen LogP contribution in [0.15, 0.2) is 95.7 Å². The van der Waals surface area contributed by atoms with Gasteiger partial charge in [-0.3, -0.25) is 4.98 Å². The fraction of sp³-hybridized carbons (Fsp3) is 0. The minimum atomic E-state index is 0.461. The highest BCUT2D eigenvalue weighted by molar-refractivity contribution is 5.94. The molecule has 0 amide bonds. The molecule has 0 aliphatic rings. The lowest BCUT2D eigenvalue weighted by atomic mass is 10.0. The number of rotatable bonds is 3. The first-order chi connectivity index (χ1) is 13.4. The molecule has 0 N–H and O–H groups in total. The van der Waals surface area contributed by atoms with Gasteiger partial charge < -0.3 is 4.42 Å². The maximum absolute atomic E-state index is 5.99. The lowest BCUT2D eigenvalue weighted by Gasteiger charge is -2.03. The van der Waals surface area contributed by atoms with Crippen LogP contribution in [0.2, 0.25) is 0 Å². The Hall–Kier alpha value is -3.79. The van der Waals surface area contributed by atoms with E-state index < -0.39 is 0 Å². The van der Waals surface area contributed by atoms with Crippen molar-refractivity contribution >= 4 is 10.8 Å². The van der Waals surface area contributed by atoms with E-state index in [1.165, 1.54) is 0 Å². The number of hydrogen-bond donors (Lipinski definition) is 0. The zero-order valence-electron chi connectivity index (χ0n) is 14.4. The third-order valence-electron chi connectivity index (χ3n) is 4.54. The number of fused-ring (bicyclic) bond motifs is 1. The van der Waals surface area contributed by atoms with Crippen molar-refractivity contribution in [1.29, 1.82) is 0 Å². The third kappa shape index (κ3) is 2.87. The second-order valence-corrected chi connectivity index (χ2v) is 6.27. The average molecular weight is 349 g/mol. The van der Waals surface area contributed by atoms with Crippen molar-refractivity contribution in [1.82, 2.24) is 15.2 Å². The summed E-state index contributed by atoms with van der Waals surface area (Å²) in [6, 6.07) is 26.4. The zero-order chi connectivity index (χ0) is 18.1. The molecule has 128 valence electrons. The van der Waals surface area contributed by atoms with Gasteiger partial charge in [0.05, 0.1) is 5.56 Å². The molecular formula is C23H15N3O. The molecule has 0 saturated heterocycles. The van der Waals surface area contributed by atoms with Gasteiger partial charge in [0.1, 0.15) is 0 Å². The van der Waals surface area contributed by atoms with Crippen LogP contribution < -0.4 is 0 Å². The first-order valence-electron chi connectivity index (χ1n) is 8.71. The number of nitrogens with zero attached hydrogens (tertiary/aromatic N) is 3. The van der Waals surface area contributed by atoms with Crippen LogP contribution in [0.3, 0.4) is 0 Å². The number of pyridine rings is 1. The first kappa shape index (κ1) is 15.5. The monoisotopic (exact) mass is 349 g/mol. The van der Waals surface area contributed by atoms with Gasteiger partial charge in [-0.15, -0.1) is 10.2 Å². The second kappa shape index (κ2) is 6.50. The van der Waals surface area contributed by atoms with Crippen molar-refractivity contribution in [2.45, 2.75) is 0 Å². The van der Waals surface area contributed by atoms with E-state index in [2.05, 4.69) is 45.5 Å². The summed E-state index contributed by atoms with van der Waals surface area (Å²) in [5.41, 5.74) is 3.84. The van der Waals surface area contributed by atoms with Gasteiger partial charge in [0.2, 0.25) is 11.8 Å². The van der Waals surface area contributed by atoms with Gasteiger partial charge in [0, 0.05) is 23.5 Å². The zero-order valence-corrected chi connectivity index (χ0v) is 14.4. The summed E-state index contributed by atoms with van der Waals surface area (Å²) in [4.78, 5) is 4.34. The molecule has 0 saturated carbocycles. The molecular weight excluding hydrogens is 334 g/mol. The molecule has 0 spiro atoms. The Morgan fingerprint density at radius 3 is 2.26 bits per heavy atom. The fourth-order valence-electron chi connectivity index (χ4n) is 3.21. The quantitative estimate of drug-likeness (QED) is 0.424. The van der Waals surface area contributed by atoms with Crippen LogP contribution >= 0.6 is 0 Å². The summed E-state index contributed by atoms with van der Waals surface area (Å²) < 4.78 is 5.99. The molecule has 0 fully saturated rings. The molecule has 2 aromatic heterocycles. The summed E-state index contributed by atoms with van der Waals surface area (Å²) in [6.45, 7) is 0. The van der Waals surface area contributed by atoms with Gasteiger partial charge in [-0.25, -0.2) is 0 Å². The lowest BCUT2D eigenvalue weighted by molar-refractivity contribution is 0.585. The van der Waals surface area contributed by atoms with Crippen molar-refractivity contribution in [3.8, 4) is 34.0 Å². The van der Waals surface area contributed by atoms with E-state index in [-0.39, 0.29) is 0 Å². The van der Waals surface area contributed by atoms with Crippen LogP contribution in [0.4, 0.5) is 0 Å². The maximum Gasteiger partial charge on any atom is 0.249 e. The Morgan fingerprint density at radius 2 is 1.33 bits per heavy atom. The maximum atomic E-state index is 5.99. The Morgan fingerprint density at radius 1 is 0.593 bits per heavy atom. The molecule has 4 nitrogen and oxygen atoms in total. The smallest absolute Gasteiger partial charge is 0.249 e. The largest absolute Gasteiger partial charge is 0.416 e. The van der Waals surface area contributed by atoms with Gasteiger partial charge in [-0.2, -0.15) is 0 Å². The van der Waals surface area contributed by atoms with E-state index in [1.54, 1.807) is 6.20 Å². The molecule has 5 rings (SSSR count). The highest BCUT2D eigenvalue weighted by atomic mass is 16.4. The van der Waals surface area contributed by atoms with Crippen LogP contribution in [-0.2, 0) is 0 Å². The van der Waals surface area contributed by atoms with Crippen molar-refractivity contribution in [3.63, 3.8) is 0 Å². The Balaban J connectivity index is 1.56. The molecule has 5 aromatic rings. The molecule has 4 heteroatoms. The molecule has 2 heterocycles. The second-order valence-electron chi connectivity index (χ2n) is 6.27. The van der Waals surface area contributed by atoms with Crippen molar-refractivity contribution in [3.05, 3.63) is 91.3 Å². The van der Waals surface area contributed by atoms with Crippen molar-refractivity contribution < 1.29 is 4.42 Å². The van der Waals surface area contributed by atoms with Crippen LogP contribution in [-0.4, -0.2) is 15.2 Å². The summed E-state index contributed by atoms with van der Waals surface area (Å²) >= 11 is 0. The molecule has 0 unspecified atom stereocenters. The van der Waals surface area contributed by atoms with E-state index in [9.17, 15) is 0 Å². The van der Waals surface area contributed by atoms with Crippen LogP contribution in [0.1, 0.15) is 0 Å². The topological polar surface area (TPSA) is 51.8 Å². The number of aromatic nitrogens is 3. The van der Waals surface area contributed by atoms with E-state index in [1.807, 2.05) is 54.7 Å². The normalized spacial score (nSPS) is 11.0. The van der Waals surface area contributed by atoms with Gasteiger partial charge in [-0.1, -0.05) is 66.7 Å². The molecule has 0 radical (unpaired) electrons. The summed E-state index contributed by atoms with van der Waals surface area (Å²) in [5.74, 6) is 0.968. The summed E-state index contributed by atoms with van der Waals surface area (Å²) in [5, 5.41) is 10.7. The fourth-order valence-corrected chi connectivity index (χ4v) is 3.21. The standard InChI is InChI=1S/C23H15N3O/c1-2-7-16(8-3-1)18-13-19(15-24-14-18)22-25-26-23(27-22)21-12-6-10-17-9-4-5-11-20(17)21/h1-15H. The predicted molar refractivity (Wildman–Crippen MR) is 106 cm³/mol. The van der Waals surface area contributed by atoms with Gasteiger partial charge >= 0.3 is 0 Å². The van der Waals surface area contributed by atoms with Gasteiger partial charge in [0.15, 0.2) is 0 Å². The third-order valence-corrected chi connectivity index (χ3v) is 4.54. The summed E-state index contributed by atoms with van der Waals surface area (Å²) in [7, 11) is 0. The minimum Gasteiger partial charge on any atom is -0.416 e. The lowest BCUT2D eigenvalue weighted by Crippen LogP contribution is -1.84. The highest BCUT2D eigenvalue weighted by Crippen LogP contribution is 2.30. The molecule has 0 bridgehead atoms. The number of benzene rings is 3. The van der Waals surface area contributed by atoms with E-state index in [0.717, 1.165) is 33.0 Å². The molecule has 27 heavy (non-hydrogen) atoms. The van der Waals surface area contributed by atoms with Crippen LogP contribution in [0.5, 0.6) is 0 Å². The Kier molecular flexibility index (Phi) is 3.72. The van der Waals surface area contributed by atoms with Gasteiger partial charge in [0.25, 0.3) is 0 Å². The highest BCUT2D eigenvalue weighted by Gasteiger charge is 2.13. The molecule has 0 aliphatic heterocycles. The predicted octanol–water partition coefficient (Wildman–Crippen LogP) is 5.62. The van der Waals surface area contributed by atoms with Gasteiger partial charge in [-0.05, 0) is 28.5 Å². The van der Waals surface area contributed by atoms with Crippen molar-refractivity contribution in [2.75, 3.05) is 0 Å². The Bertz CT molecular complexity index is 1220. The Labute approximate surface area is 156 Å². The van der Waals surface area contributed by atoms with E-state index in [0.29, 0.717) is 11.8 Å². The molecule has 3 aromatic carbocycles. The average Bonchev–Trinajstić information content (AvgIpc) is 3.24. The molecule has 0 aliphatic carbocycles. The number of hydrogen-bond acceptors (Lipinski definition) is 4. The van der Waals surface area contributed by atoms with Crippen molar-refractivity contribution in [2.24, 2.45) is 0 Å². The van der Waals surface area contributed by atoms with Crippen LogP contribution in [0, 0.1) is 0 Å². The van der Waals surface area contributed by atoms with E-state index >= 15 is 0 Å². The molecule has 0 atom stereocenters. The minimum absolute atomic E-state index is 0.461. The summed E-state index contributed by atoms with van der Waals surface area (Å²) in [6.07, 6.45) is 3.58. The van der Waals surface area contributed by atoms with Crippen LogP contribution in [0.25, 0.3) is 44.8 Å².